The van der Waals surface area contributed by atoms with Gasteiger partial charge in [-0.05, 0) is 30.4 Å². The van der Waals surface area contributed by atoms with Gasteiger partial charge in [0.05, 0.1) is 0 Å². The van der Waals surface area contributed by atoms with Gasteiger partial charge in [0.2, 0.25) is 0 Å². The standard InChI is InChI=1S/C17H20N6/c1-13-4-8-23(9-5-13)16-3-2-14(11-21-16)12-22-17-15(10-18)19-6-7-20-17/h2-3,6-7,11,13H,4-5,8-9,12H2,1H3,(H,20,22). The molecule has 118 valence electrons. The Morgan fingerprint density at radius 2 is 2.00 bits per heavy atom. The first kappa shape index (κ1) is 15.2. The summed E-state index contributed by atoms with van der Waals surface area (Å²) in [5.41, 5.74) is 1.35. The summed E-state index contributed by atoms with van der Waals surface area (Å²) in [6, 6.07) is 6.16. The van der Waals surface area contributed by atoms with Crippen molar-refractivity contribution in [2.45, 2.75) is 26.3 Å². The first-order valence-electron chi connectivity index (χ1n) is 7.91. The highest BCUT2D eigenvalue weighted by Crippen LogP contribution is 2.21. The van der Waals surface area contributed by atoms with Crippen LogP contribution in [0.1, 0.15) is 31.0 Å². The molecule has 3 rings (SSSR count). The number of rotatable bonds is 4. The van der Waals surface area contributed by atoms with Gasteiger partial charge in [-0.25, -0.2) is 15.0 Å². The van der Waals surface area contributed by atoms with Crippen molar-refractivity contribution in [1.82, 2.24) is 15.0 Å². The summed E-state index contributed by atoms with van der Waals surface area (Å²) in [5, 5.41) is 12.1. The number of hydrogen-bond donors (Lipinski definition) is 1. The SMILES string of the molecule is CC1CCN(c2ccc(CNc3nccnc3C#N)cn2)CC1. The minimum absolute atomic E-state index is 0.305. The molecule has 0 spiro atoms. The van der Waals surface area contributed by atoms with Crippen LogP contribution in [0.3, 0.4) is 0 Å². The maximum absolute atomic E-state index is 9.00. The predicted molar refractivity (Wildman–Crippen MR) is 88.9 cm³/mol. The van der Waals surface area contributed by atoms with E-state index < -0.39 is 0 Å². The average molecular weight is 308 g/mol. The van der Waals surface area contributed by atoms with Crippen molar-refractivity contribution in [3.8, 4) is 6.07 Å². The van der Waals surface area contributed by atoms with Crippen molar-refractivity contribution >= 4 is 11.6 Å². The van der Waals surface area contributed by atoms with Gasteiger partial charge in [0, 0.05) is 38.2 Å². The van der Waals surface area contributed by atoms with E-state index in [0.717, 1.165) is 30.4 Å². The molecule has 1 fully saturated rings. The molecule has 3 heterocycles. The Balaban J connectivity index is 1.61. The van der Waals surface area contributed by atoms with Crippen LogP contribution in [0.4, 0.5) is 11.6 Å². The zero-order valence-corrected chi connectivity index (χ0v) is 13.2. The van der Waals surface area contributed by atoms with E-state index in [1.165, 1.54) is 19.0 Å². The maximum Gasteiger partial charge on any atom is 0.182 e. The minimum atomic E-state index is 0.305. The first-order valence-corrected chi connectivity index (χ1v) is 7.91. The van der Waals surface area contributed by atoms with Gasteiger partial charge in [0.1, 0.15) is 11.9 Å². The molecule has 0 aliphatic carbocycles. The van der Waals surface area contributed by atoms with Crippen molar-refractivity contribution < 1.29 is 0 Å². The molecule has 23 heavy (non-hydrogen) atoms. The molecule has 0 bridgehead atoms. The lowest BCUT2D eigenvalue weighted by atomic mass is 9.99. The van der Waals surface area contributed by atoms with Crippen LogP contribution in [0.2, 0.25) is 0 Å². The van der Waals surface area contributed by atoms with Crippen LogP contribution < -0.4 is 10.2 Å². The van der Waals surface area contributed by atoms with Crippen LogP contribution in [0.25, 0.3) is 0 Å². The molecule has 1 aliphatic rings. The van der Waals surface area contributed by atoms with Crippen molar-refractivity contribution in [2.24, 2.45) is 5.92 Å². The predicted octanol–water partition coefficient (Wildman–Crippen LogP) is 2.59. The molecule has 0 aromatic carbocycles. The van der Waals surface area contributed by atoms with Crippen LogP contribution in [0.15, 0.2) is 30.7 Å². The Morgan fingerprint density at radius 1 is 1.22 bits per heavy atom. The number of aromatic nitrogens is 3. The summed E-state index contributed by atoms with van der Waals surface area (Å²) in [7, 11) is 0. The van der Waals surface area contributed by atoms with Crippen LogP contribution in [-0.4, -0.2) is 28.0 Å². The first-order chi connectivity index (χ1) is 11.3. The lowest BCUT2D eigenvalue weighted by molar-refractivity contribution is 0.436. The lowest BCUT2D eigenvalue weighted by Gasteiger charge is -2.31. The summed E-state index contributed by atoms with van der Waals surface area (Å²) in [6.07, 6.45) is 7.42. The van der Waals surface area contributed by atoms with Crippen LogP contribution in [0.5, 0.6) is 0 Å². The van der Waals surface area contributed by atoms with E-state index in [1.807, 2.05) is 12.3 Å². The Hall–Kier alpha value is -2.68. The summed E-state index contributed by atoms with van der Waals surface area (Å²) >= 11 is 0. The smallest absolute Gasteiger partial charge is 0.182 e. The van der Waals surface area contributed by atoms with Gasteiger partial charge in [-0.15, -0.1) is 0 Å². The Kier molecular flexibility index (Phi) is 4.67. The molecule has 1 N–H and O–H groups in total. The molecule has 6 heteroatoms. The Labute approximate surface area is 136 Å². The quantitative estimate of drug-likeness (QED) is 0.935. The van der Waals surface area contributed by atoms with Crippen LogP contribution in [0, 0.1) is 17.2 Å². The molecule has 1 saturated heterocycles. The second kappa shape index (κ2) is 7.05. The van der Waals surface area contributed by atoms with Crippen molar-refractivity contribution in [3.05, 3.63) is 42.0 Å². The molecule has 0 atom stereocenters. The summed E-state index contributed by atoms with van der Waals surface area (Å²) in [5.74, 6) is 2.36. The highest BCUT2D eigenvalue weighted by Gasteiger charge is 2.16. The monoisotopic (exact) mass is 308 g/mol. The topological polar surface area (TPSA) is 77.7 Å². The molecule has 0 radical (unpaired) electrons. The largest absolute Gasteiger partial charge is 0.364 e. The van der Waals surface area contributed by atoms with E-state index in [1.54, 1.807) is 6.20 Å². The number of piperidine rings is 1. The molecule has 0 amide bonds. The fourth-order valence-electron chi connectivity index (χ4n) is 2.68. The third-order valence-corrected chi connectivity index (χ3v) is 4.18. The second-order valence-corrected chi connectivity index (χ2v) is 5.91. The average Bonchev–Trinajstić information content (AvgIpc) is 2.61. The highest BCUT2D eigenvalue weighted by molar-refractivity contribution is 5.47. The van der Waals surface area contributed by atoms with Gasteiger partial charge >= 0.3 is 0 Å². The van der Waals surface area contributed by atoms with Gasteiger partial charge < -0.3 is 10.2 Å². The maximum atomic E-state index is 9.00. The van der Waals surface area contributed by atoms with E-state index in [2.05, 4.69) is 44.2 Å². The van der Waals surface area contributed by atoms with Crippen LogP contribution >= 0.6 is 0 Å². The molecule has 0 unspecified atom stereocenters. The fourth-order valence-corrected chi connectivity index (χ4v) is 2.68. The molecule has 2 aromatic rings. The highest BCUT2D eigenvalue weighted by atomic mass is 15.2. The normalized spacial score (nSPS) is 15.2. The van der Waals surface area contributed by atoms with E-state index in [0.29, 0.717) is 18.1 Å². The molecular weight excluding hydrogens is 288 g/mol. The summed E-state index contributed by atoms with van der Waals surface area (Å²) < 4.78 is 0. The zero-order valence-electron chi connectivity index (χ0n) is 13.2. The summed E-state index contributed by atoms with van der Waals surface area (Å²) in [6.45, 7) is 5.03. The second-order valence-electron chi connectivity index (χ2n) is 5.91. The van der Waals surface area contributed by atoms with Gasteiger partial charge in [-0.2, -0.15) is 5.26 Å². The van der Waals surface area contributed by atoms with Crippen LogP contribution in [-0.2, 0) is 6.54 Å². The fraction of sp³-hybridized carbons (Fsp3) is 0.412. The minimum Gasteiger partial charge on any atom is -0.364 e. The van der Waals surface area contributed by atoms with Gasteiger partial charge in [-0.1, -0.05) is 13.0 Å². The van der Waals surface area contributed by atoms with Crippen molar-refractivity contribution in [3.63, 3.8) is 0 Å². The summed E-state index contributed by atoms with van der Waals surface area (Å²) in [4.78, 5) is 15.0. The number of pyridine rings is 1. The van der Waals surface area contributed by atoms with Gasteiger partial charge in [0.15, 0.2) is 11.5 Å². The van der Waals surface area contributed by atoms with Crippen molar-refractivity contribution in [2.75, 3.05) is 23.3 Å². The Bertz CT molecular complexity index is 683. The van der Waals surface area contributed by atoms with E-state index in [-0.39, 0.29) is 0 Å². The van der Waals surface area contributed by atoms with Gasteiger partial charge in [0.25, 0.3) is 0 Å². The van der Waals surface area contributed by atoms with E-state index >= 15 is 0 Å². The number of nitrogens with zero attached hydrogens (tertiary/aromatic N) is 5. The Morgan fingerprint density at radius 3 is 2.70 bits per heavy atom. The molecule has 2 aromatic heterocycles. The molecule has 6 nitrogen and oxygen atoms in total. The molecular formula is C17H20N6. The van der Waals surface area contributed by atoms with Crippen molar-refractivity contribution in [1.29, 1.82) is 5.26 Å². The molecule has 1 aliphatic heterocycles. The number of nitriles is 1. The zero-order chi connectivity index (χ0) is 16.1. The lowest BCUT2D eigenvalue weighted by Crippen LogP contribution is -2.33. The number of anilines is 2. The third-order valence-electron chi connectivity index (χ3n) is 4.18. The number of nitrogens with one attached hydrogen (secondary N) is 1. The van der Waals surface area contributed by atoms with Gasteiger partial charge in [-0.3, -0.25) is 0 Å². The van der Waals surface area contributed by atoms with E-state index in [4.69, 9.17) is 5.26 Å². The third kappa shape index (κ3) is 3.75. The molecule has 0 saturated carbocycles. The number of hydrogen-bond acceptors (Lipinski definition) is 6. The van der Waals surface area contributed by atoms with E-state index in [9.17, 15) is 0 Å².